The predicted octanol–water partition coefficient (Wildman–Crippen LogP) is 3.55. The monoisotopic (exact) mass is 761 g/mol. The number of primary amides is 1. The molecule has 0 aliphatic carbocycles. The van der Waals surface area contributed by atoms with Crippen LogP contribution in [0.1, 0.15) is 71.8 Å². The van der Waals surface area contributed by atoms with Crippen LogP contribution in [0.3, 0.4) is 0 Å². The van der Waals surface area contributed by atoms with Crippen LogP contribution in [0.15, 0.2) is 47.1 Å². The summed E-state index contributed by atoms with van der Waals surface area (Å²) in [5.74, 6) is -0.153. The number of nitrogens with one attached hydrogen (secondary N) is 2. The standard InChI is InChI=1S/C40H47N11O5/c1-47-17-18-51(40(47)55)28-3-2-14-50(22-28)32-19-42-35(37(41)53)38(44-32)43-26-5-7-27(8-6-26)49-15-12-24(13-16-49)20-48-21-25-4-9-29-34(46-56-36(29)31(25)23-48)30-10-11-33(52)45-39(30)54/h4-9,19,24,28,30H,2-3,10-18,20-23H2,1H3,(H2,41,53)(H,43,44)(H,45,52,54)/t28-,30?/m1/s1. The highest BCUT2D eigenvalue weighted by Crippen LogP contribution is 2.37. The van der Waals surface area contributed by atoms with Gasteiger partial charge in [0.2, 0.25) is 11.8 Å². The number of nitrogens with zero attached hydrogens (tertiary/aromatic N) is 8. The van der Waals surface area contributed by atoms with E-state index in [9.17, 15) is 19.2 Å². The fourth-order valence-electron chi connectivity index (χ4n) is 9.15. The average molecular weight is 762 g/mol. The number of anilines is 4. The van der Waals surface area contributed by atoms with Gasteiger partial charge >= 0.3 is 6.03 Å². The molecule has 292 valence electrons. The van der Waals surface area contributed by atoms with E-state index in [1.807, 2.05) is 30.1 Å². The van der Waals surface area contributed by atoms with Crippen LogP contribution in [0, 0.1) is 5.92 Å². The Labute approximate surface area is 324 Å². The molecule has 2 aromatic carbocycles. The molecule has 7 heterocycles. The molecule has 16 heteroatoms. The molecule has 16 nitrogen and oxygen atoms in total. The van der Waals surface area contributed by atoms with Crippen LogP contribution in [-0.4, -0.2) is 112 Å². The highest BCUT2D eigenvalue weighted by molar-refractivity contribution is 6.02. The molecule has 4 fully saturated rings. The van der Waals surface area contributed by atoms with Gasteiger partial charge in [0.1, 0.15) is 11.5 Å². The Bertz CT molecular complexity index is 2180. The number of hydrogen-bond acceptors (Lipinski definition) is 12. The van der Waals surface area contributed by atoms with Crippen LogP contribution >= 0.6 is 0 Å². The number of nitrogens with two attached hydrogens (primary N) is 1. The SMILES string of the molecule is CN1CCN([C@@H]2CCCN(c3cnc(C(N)=O)c(Nc4ccc(N5CCC(CN6Cc7ccc8c(C9CCC(=O)NC9=O)noc8c7C6)CC5)cc4)n3)C2)C1=O. The summed E-state index contributed by atoms with van der Waals surface area (Å²) in [5, 5.41) is 10.9. The minimum atomic E-state index is -0.656. The molecular weight excluding hydrogens is 715 g/mol. The van der Waals surface area contributed by atoms with Crippen molar-refractivity contribution in [3.8, 4) is 0 Å². The van der Waals surface area contributed by atoms with Gasteiger partial charge in [-0.3, -0.25) is 24.6 Å². The molecule has 5 aliphatic rings. The fraction of sp³-hybridized carbons (Fsp3) is 0.475. The molecule has 0 spiro atoms. The smallest absolute Gasteiger partial charge is 0.320 e. The van der Waals surface area contributed by atoms with Crippen molar-refractivity contribution in [2.75, 3.05) is 68.0 Å². The highest BCUT2D eigenvalue weighted by Gasteiger charge is 2.36. The van der Waals surface area contributed by atoms with Crippen LogP contribution in [-0.2, 0) is 22.7 Å². The van der Waals surface area contributed by atoms with Gasteiger partial charge in [-0.15, -0.1) is 0 Å². The number of carbonyl (C=O) groups excluding carboxylic acids is 4. The highest BCUT2D eigenvalue weighted by atomic mass is 16.5. The maximum atomic E-state index is 12.7. The normalized spacial score (nSPS) is 22.3. The first-order valence-electron chi connectivity index (χ1n) is 19.7. The molecule has 9 rings (SSSR count). The van der Waals surface area contributed by atoms with Crippen molar-refractivity contribution < 1.29 is 23.7 Å². The van der Waals surface area contributed by atoms with E-state index in [1.165, 1.54) is 5.56 Å². The quantitative estimate of drug-likeness (QED) is 0.211. The molecular formula is C40H47N11O5. The summed E-state index contributed by atoms with van der Waals surface area (Å²) in [6, 6.07) is 12.5. The number of fused-ring (bicyclic) bond motifs is 3. The molecule has 2 atom stereocenters. The minimum Gasteiger partial charge on any atom is -0.372 e. The van der Waals surface area contributed by atoms with Crippen LogP contribution in [0.5, 0.6) is 0 Å². The average Bonchev–Trinajstić information content (AvgIpc) is 3.91. The molecule has 5 aliphatic heterocycles. The summed E-state index contributed by atoms with van der Waals surface area (Å²) >= 11 is 0. The van der Waals surface area contributed by atoms with Crippen molar-refractivity contribution in [1.29, 1.82) is 0 Å². The molecule has 2 aromatic heterocycles. The number of imide groups is 1. The van der Waals surface area contributed by atoms with E-state index in [0.29, 0.717) is 42.6 Å². The van der Waals surface area contributed by atoms with Gasteiger partial charge in [0.25, 0.3) is 5.91 Å². The topological polar surface area (TPSA) is 186 Å². The van der Waals surface area contributed by atoms with E-state index >= 15 is 0 Å². The van der Waals surface area contributed by atoms with Gasteiger partial charge in [0.15, 0.2) is 17.1 Å². The lowest BCUT2D eigenvalue weighted by atomic mass is 9.92. The Morgan fingerprint density at radius 1 is 0.964 bits per heavy atom. The number of likely N-dealkylation sites (N-methyl/N-ethyl adjacent to an activating group) is 1. The number of piperidine rings is 3. The van der Waals surface area contributed by atoms with Crippen LogP contribution in [0.2, 0.25) is 0 Å². The summed E-state index contributed by atoms with van der Waals surface area (Å²) in [5.41, 5.74) is 11.5. The van der Waals surface area contributed by atoms with E-state index in [0.717, 1.165) is 106 Å². The Balaban J connectivity index is 0.799. The summed E-state index contributed by atoms with van der Waals surface area (Å²) in [6.07, 6.45) is 6.36. The lowest BCUT2D eigenvalue weighted by Crippen LogP contribution is -2.49. The molecule has 0 radical (unpaired) electrons. The number of hydrogen-bond donors (Lipinski definition) is 3. The zero-order valence-corrected chi connectivity index (χ0v) is 31.6. The first-order chi connectivity index (χ1) is 27.2. The van der Waals surface area contributed by atoms with Gasteiger partial charge in [-0.1, -0.05) is 11.2 Å². The van der Waals surface area contributed by atoms with Crippen molar-refractivity contribution in [2.45, 2.75) is 63.6 Å². The van der Waals surface area contributed by atoms with Gasteiger partial charge in [-0.25, -0.2) is 14.8 Å². The van der Waals surface area contributed by atoms with Crippen molar-refractivity contribution in [3.05, 3.63) is 65.1 Å². The molecule has 56 heavy (non-hydrogen) atoms. The number of aromatic nitrogens is 3. The summed E-state index contributed by atoms with van der Waals surface area (Å²) in [4.78, 5) is 69.2. The van der Waals surface area contributed by atoms with Gasteiger partial charge < -0.3 is 35.2 Å². The van der Waals surface area contributed by atoms with Gasteiger partial charge in [0.05, 0.1) is 18.2 Å². The Morgan fingerprint density at radius 3 is 2.54 bits per heavy atom. The second kappa shape index (κ2) is 14.7. The van der Waals surface area contributed by atoms with E-state index in [2.05, 4.69) is 53.7 Å². The molecule has 0 saturated carbocycles. The first-order valence-corrected chi connectivity index (χ1v) is 19.7. The summed E-state index contributed by atoms with van der Waals surface area (Å²) in [6.45, 7) is 7.44. The first kappa shape index (κ1) is 35.9. The summed E-state index contributed by atoms with van der Waals surface area (Å²) in [7, 11) is 1.84. The number of rotatable bonds is 9. The van der Waals surface area contributed by atoms with E-state index in [-0.39, 0.29) is 29.6 Å². The molecule has 5 amide bonds. The Morgan fingerprint density at radius 2 is 1.79 bits per heavy atom. The lowest BCUT2D eigenvalue weighted by Gasteiger charge is -2.37. The van der Waals surface area contributed by atoms with Crippen molar-refractivity contribution in [3.63, 3.8) is 0 Å². The van der Waals surface area contributed by atoms with Gasteiger partial charge in [0, 0.05) is 94.7 Å². The maximum absolute atomic E-state index is 12.7. The van der Waals surface area contributed by atoms with Crippen molar-refractivity contribution in [2.24, 2.45) is 11.7 Å². The number of carbonyl (C=O) groups is 4. The van der Waals surface area contributed by atoms with Gasteiger partial charge in [-0.2, -0.15) is 0 Å². The number of urea groups is 1. The largest absolute Gasteiger partial charge is 0.372 e. The second-order valence-electron chi connectivity index (χ2n) is 15.9. The fourth-order valence-corrected chi connectivity index (χ4v) is 9.15. The third-order valence-electron chi connectivity index (χ3n) is 12.2. The molecule has 4 saturated heterocycles. The van der Waals surface area contributed by atoms with Crippen molar-refractivity contribution >= 4 is 57.7 Å². The van der Waals surface area contributed by atoms with E-state index in [4.69, 9.17) is 15.2 Å². The van der Waals surface area contributed by atoms with Crippen LogP contribution in [0.25, 0.3) is 11.0 Å². The zero-order valence-electron chi connectivity index (χ0n) is 31.6. The molecule has 1 unspecified atom stereocenters. The minimum absolute atomic E-state index is 0.0656. The number of amides is 5. The Kier molecular flexibility index (Phi) is 9.43. The second-order valence-corrected chi connectivity index (χ2v) is 15.9. The Hall–Kier alpha value is -5.77. The molecule has 0 bridgehead atoms. The molecule has 4 N–H and O–H groups in total. The molecule has 4 aromatic rings. The predicted molar refractivity (Wildman–Crippen MR) is 208 cm³/mol. The third kappa shape index (κ3) is 6.86. The van der Waals surface area contributed by atoms with E-state index in [1.54, 1.807) is 11.1 Å². The maximum Gasteiger partial charge on any atom is 0.320 e. The third-order valence-corrected chi connectivity index (χ3v) is 12.2. The van der Waals surface area contributed by atoms with Crippen molar-refractivity contribution in [1.82, 2.24) is 35.1 Å². The summed E-state index contributed by atoms with van der Waals surface area (Å²) < 4.78 is 5.84. The van der Waals surface area contributed by atoms with Crippen LogP contribution in [0.4, 0.5) is 27.8 Å². The number of benzene rings is 2. The van der Waals surface area contributed by atoms with Gasteiger partial charge in [-0.05, 0) is 73.9 Å². The zero-order chi connectivity index (χ0) is 38.5. The van der Waals surface area contributed by atoms with Crippen LogP contribution < -0.4 is 26.2 Å². The lowest BCUT2D eigenvalue weighted by molar-refractivity contribution is -0.134. The van der Waals surface area contributed by atoms with E-state index < -0.39 is 11.8 Å².